The van der Waals surface area contributed by atoms with Crippen LogP contribution in [-0.2, 0) is 0 Å². The molecular weight excluding hydrogens is 210 g/mol. The van der Waals surface area contributed by atoms with Crippen molar-refractivity contribution in [2.45, 2.75) is 39.7 Å². The summed E-state index contributed by atoms with van der Waals surface area (Å²) in [6.07, 6.45) is 5.55. The molecule has 0 saturated carbocycles. The second kappa shape index (κ2) is 5.91. The molecule has 3 nitrogen and oxygen atoms in total. The minimum absolute atomic E-state index is 0.370. The number of hydrogen-bond acceptors (Lipinski definition) is 3. The lowest BCUT2D eigenvalue weighted by molar-refractivity contribution is 0.437. The molecule has 1 heterocycles. The molecule has 0 amide bonds. The van der Waals surface area contributed by atoms with E-state index in [0.717, 1.165) is 12.8 Å². The number of rotatable bonds is 5. The van der Waals surface area contributed by atoms with Crippen molar-refractivity contribution in [3.8, 4) is 0 Å². The fraction of sp³-hybridized carbons (Fsp3) is 0.636. The predicted molar refractivity (Wildman–Crippen MR) is 64.2 cm³/mol. The van der Waals surface area contributed by atoms with Gasteiger partial charge < -0.3 is 5.32 Å². The highest BCUT2D eigenvalue weighted by Crippen LogP contribution is 2.20. The third kappa shape index (κ3) is 3.34. The average molecular weight is 228 g/mol. The van der Waals surface area contributed by atoms with Crippen LogP contribution in [0, 0.1) is 5.92 Å². The van der Waals surface area contributed by atoms with E-state index in [9.17, 15) is 0 Å². The lowest BCUT2D eigenvalue weighted by atomic mass is 9.96. The van der Waals surface area contributed by atoms with Crippen LogP contribution in [0.3, 0.4) is 0 Å². The van der Waals surface area contributed by atoms with Crippen molar-refractivity contribution in [1.29, 1.82) is 0 Å². The molecule has 1 rings (SSSR count). The van der Waals surface area contributed by atoms with Crippen LogP contribution in [-0.4, -0.2) is 16.0 Å². The Morgan fingerprint density at radius 3 is 2.40 bits per heavy atom. The number of nitrogens with one attached hydrogen (secondary N) is 1. The van der Waals surface area contributed by atoms with Crippen molar-refractivity contribution >= 4 is 17.4 Å². The summed E-state index contributed by atoms with van der Waals surface area (Å²) in [5.74, 6) is 1.32. The summed E-state index contributed by atoms with van der Waals surface area (Å²) in [6, 6.07) is 0.370. The highest BCUT2D eigenvalue weighted by Gasteiger charge is 2.14. The van der Waals surface area contributed by atoms with E-state index in [-0.39, 0.29) is 0 Å². The molecule has 15 heavy (non-hydrogen) atoms. The molecule has 84 valence electrons. The van der Waals surface area contributed by atoms with E-state index in [1.54, 1.807) is 12.4 Å². The van der Waals surface area contributed by atoms with Gasteiger partial charge in [0.15, 0.2) is 11.0 Å². The minimum atomic E-state index is 0.370. The number of hydrogen-bond donors (Lipinski definition) is 1. The first kappa shape index (κ1) is 12.2. The first-order chi connectivity index (χ1) is 7.19. The Morgan fingerprint density at radius 1 is 1.27 bits per heavy atom. The van der Waals surface area contributed by atoms with Crippen LogP contribution in [0.4, 0.5) is 5.82 Å². The molecule has 0 radical (unpaired) electrons. The van der Waals surface area contributed by atoms with Gasteiger partial charge in [-0.05, 0) is 12.8 Å². The highest BCUT2D eigenvalue weighted by molar-refractivity contribution is 6.31. The quantitative estimate of drug-likeness (QED) is 0.838. The molecule has 0 aliphatic heterocycles. The maximum absolute atomic E-state index is 5.92. The summed E-state index contributed by atoms with van der Waals surface area (Å²) < 4.78 is 0. The van der Waals surface area contributed by atoms with Gasteiger partial charge in [0.05, 0.1) is 0 Å². The van der Waals surface area contributed by atoms with E-state index in [0.29, 0.717) is 22.9 Å². The highest BCUT2D eigenvalue weighted by atomic mass is 35.5. The van der Waals surface area contributed by atoms with E-state index < -0.39 is 0 Å². The molecule has 1 aromatic rings. The Kier molecular flexibility index (Phi) is 4.82. The fourth-order valence-corrected chi connectivity index (χ4v) is 1.91. The molecule has 0 bridgehead atoms. The van der Waals surface area contributed by atoms with Crippen molar-refractivity contribution in [1.82, 2.24) is 9.97 Å². The molecule has 0 aliphatic carbocycles. The van der Waals surface area contributed by atoms with Crippen LogP contribution in [0.25, 0.3) is 0 Å². The Bertz CT molecular complexity index is 300. The maximum Gasteiger partial charge on any atom is 0.171 e. The Balaban J connectivity index is 2.65. The molecule has 1 unspecified atom stereocenters. The topological polar surface area (TPSA) is 37.8 Å². The van der Waals surface area contributed by atoms with Crippen molar-refractivity contribution in [3.63, 3.8) is 0 Å². The van der Waals surface area contributed by atoms with Crippen molar-refractivity contribution in [2.24, 2.45) is 5.92 Å². The first-order valence-electron chi connectivity index (χ1n) is 5.42. The molecule has 4 heteroatoms. The third-order valence-corrected chi connectivity index (χ3v) is 3.05. The van der Waals surface area contributed by atoms with E-state index in [1.807, 2.05) is 0 Å². The van der Waals surface area contributed by atoms with Crippen molar-refractivity contribution in [3.05, 3.63) is 17.5 Å². The molecule has 0 saturated heterocycles. The standard InChI is InChI=1S/C11H18ClN3/c1-4-9(5-2)8(3)15-11-10(12)13-6-7-14-11/h6-9H,4-5H2,1-3H3,(H,14,15). The lowest BCUT2D eigenvalue weighted by Gasteiger charge is -2.23. The molecule has 1 N–H and O–H groups in total. The zero-order valence-electron chi connectivity index (χ0n) is 9.50. The summed E-state index contributed by atoms with van der Waals surface area (Å²) in [5, 5.41) is 3.75. The lowest BCUT2D eigenvalue weighted by Crippen LogP contribution is -2.25. The third-order valence-electron chi connectivity index (χ3n) is 2.77. The van der Waals surface area contributed by atoms with Gasteiger partial charge in [-0.1, -0.05) is 38.3 Å². The largest absolute Gasteiger partial charge is 0.365 e. The van der Waals surface area contributed by atoms with E-state index in [4.69, 9.17) is 11.6 Å². The predicted octanol–water partition coefficient (Wildman–Crippen LogP) is 3.37. The van der Waals surface area contributed by atoms with Crippen molar-refractivity contribution in [2.75, 3.05) is 5.32 Å². The van der Waals surface area contributed by atoms with Gasteiger partial charge in [0.2, 0.25) is 0 Å². The van der Waals surface area contributed by atoms with Crippen LogP contribution in [0.1, 0.15) is 33.6 Å². The summed E-state index contributed by atoms with van der Waals surface area (Å²) in [5.41, 5.74) is 0. The molecule has 0 aliphatic rings. The van der Waals surface area contributed by atoms with Gasteiger partial charge in [0.1, 0.15) is 0 Å². The number of anilines is 1. The molecule has 0 aromatic carbocycles. The van der Waals surface area contributed by atoms with Gasteiger partial charge in [0, 0.05) is 18.4 Å². The molecule has 0 fully saturated rings. The van der Waals surface area contributed by atoms with Crippen LogP contribution in [0.2, 0.25) is 5.15 Å². The molecule has 1 atom stereocenters. The SMILES string of the molecule is CCC(CC)C(C)Nc1nccnc1Cl. The minimum Gasteiger partial charge on any atom is -0.365 e. The number of halogens is 1. The van der Waals surface area contributed by atoms with Crippen LogP contribution in [0.15, 0.2) is 12.4 Å². The molecule has 0 spiro atoms. The Labute approximate surface area is 96.3 Å². The summed E-state index contributed by atoms with van der Waals surface area (Å²) >= 11 is 5.92. The van der Waals surface area contributed by atoms with Crippen LogP contribution in [0.5, 0.6) is 0 Å². The summed E-state index contributed by atoms with van der Waals surface area (Å²) in [7, 11) is 0. The fourth-order valence-electron chi connectivity index (χ4n) is 1.75. The summed E-state index contributed by atoms with van der Waals surface area (Å²) in [6.45, 7) is 6.55. The second-order valence-corrected chi connectivity index (χ2v) is 4.06. The number of aromatic nitrogens is 2. The molecule has 1 aromatic heterocycles. The van der Waals surface area contributed by atoms with Gasteiger partial charge in [0.25, 0.3) is 0 Å². The Morgan fingerprint density at radius 2 is 1.87 bits per heavy atom. The summed E-state index contributed by atoms with van der Waals surface area (Å²) in [4.78, 5) is 8.15. The van der Waals surface area contributed by atoms with Gasteiger partial charge in [-0.2, -0.15) is 0 Å². The van der Waals surface area contributed by atoms with Crippen LogP contribution >= 0.6 is 11.6 Å². The monoisotopic (exact) mass is 227 g/mol. The zero-order chi connectivity index (χ0) is 11.3. The van der Waals surface area contributed by atoms with E-state index in [1.165, 1.54) is 0 Å². The zero-order valence-corrected chi connectivity index (χ0v) is 10.3. The van der Waals surface area contributed by atoms with Gasteiger partial charge in [-0.15, -0.1) is 0 Å². The van der Waals surface area contributed by atoms with Crippen molar-refractivity contribution < 1.29 is 0 Å². The first-order valence-corrected chi connectivity index (χ1v) is 5.79. The average Bonchev–Trinajstić information content (AvgIpc) is 2.23. The van der Waals surface area contributed by atoms with Gasteiger partial charge >= 0.3 is 0 Å². The maximum atomic E-state index is 5.92. The number of nitrogens with zero attached hydrogens (tertiary/aromatic N) is 2. The smallest absolute Gasteiger partial charge is 0.171 e. The Hall–Kier alpha value is -0.830. The van der Waals surface area contributed by atoms with Gasteiger partial charge in [-0.25, -0.2) is 9.97 Å². The van der Waals surface area contributed by atoms with Gasteiger partial charge in [-0.3, -0.25) is 0 Å². The molecular formula is C11H18ClN3. The normalized spacial score (nSPS) is 12.9. The van der Waals surface area contributed by atoms with E-state index in [2.05, 4.69) is 36.1 Å². The van der Waals surface area contributed by atoms with Crippen LogP contribution < -0.4 is 5.32 Å². The van der Waals surface area contributed by atoms with E-state index >= 15 is 0 Å². The second-order valence-electron chi connectivity index (χ2n) is 3.71.